The molecule has 2 unspecified atom stereocenters. The first-order chi connectivity index (χ1) is 57.8. The fraction of sp³-hybridized carbons (Fsp3) is 0.685. The first kappa shape index (κ1) is 107. The molecule has 4 aromatic rings. The van der Waals surface area contributed by atoms with Gasteiger partial charge in [-0.05, 0) is 229 Å². The zero-order chi connectivity index (χ0) is 92.9. The van der Waals surface area contributed by atoms with Crippen LogP contribution in [0.1, 0.15) is 480 Å². The molecule has 0 saturated carbocycles. The lowest BCUT2D eigenvalue weighted by Crippen LogP contribution is -2.29. The number of ether oxygens (including phenoxy) is 8. The fourth-order valence-corrected chi connectivity index (χ4v) is 15.0. The van der Waals surface area contributed by atoms with Crippen molar-refractivity contribution >= 4 is 47.8 Å². The smallest absolute Gasteiger partial charge is 0.316 e. The lowest BCUT2D eigenvalue weighted by Gasteiger charge is -2.33. The van der Waals surface area contributed by atoms with Crippen LogP contribution in [0.3, 0.4) is 0 Å². The molecule has 2 atom stereocenters. The first-order valence-corrected chi connectivity index (χ1v) is 47.9. The molecule has 16 heteroatoms. The van der Waals surface area contributed by atoms with E-state index in [-0.39, 0.29) is 46.0 Å². The summed E-state index contributed by atoms with van der Waals surface area (Å²) in [5, 5.41) is 0. The molecule has 694 valence electrons. The maximum absolute atomic E-state index is 15.4. The van der Waals surface area contributed by atoms with Crippen molar-refractivity contribution < 1.29 is 76.3 Å². The van der Waals surface area contributed by atoms with Gasteiger partial charge in [0.1, 0.15) is 46.0 Å². The molecule has 0 spiro atoms. The van der Waals surface area contributed by atoms with E-state index in [1.54, 1.807) is 190 Å². The molecule has 4 aromatic carbocycles. The fourth-order valence-electron chi connectivity index (χ4n) is 15.0. The third kappa shape index (κ3) is 33.9. The molecule has 1 aliphatic rings. The van der Waals surface area contributed by atoms with E-state index >= 15 is 38.4 Å². The number of esters is 8. The minimum absolute atomic E-state index is 0.0754. The zero-order valence-electron chi connectivity index (χ0n) is 82.5. The summed E-state index contributed by atoms with van der Waals surface area (Å²) in [5.74, 6) is -7.60. The van der Waals surface area contributed by atoms with Crippen molar-refractivity contribution in [2.45, 2.75) is 435 Å². The highest BCUT2D eigenvalue weighted by molar-refractivity contribution is 5.85. The number of unbranched alkanes of at least 4 members (excludes halogenated alkanes) is 27. The van der Waals surface area contributed by atoms with E-state index in [9.17, 15) is 0 Å². The van der Waals surface area contributed by atoms with Crippen LogP contribution in [0.25, 0.3) is 0 Å². The van der Waals surface area contributed by atoms with Crippen molar-refractivity contribution in [2.75, 3.05) is 0 Å². The molecule has 8 bridgehead atoms. The number of hydrogen-bond acceptors (Lipinski definition) is 16. The Balaban J connectivity index is 2.47. The van der Waals surface area contributed by atoms with Crippen LogP contribution in [0, 0.1) is 43.3 Å². The Morgan fingerprint density at radius 1 is 0.218 bits per heavy atom. The second-order valence-corrected chi connectivity index (χ2v) is 43.8. The van der Waals surface area contributed by atoms with Crippen molar-refractivity contribution in [1.82, 2.24) is 0 Å². The van der Waals surface area contributed by atoms with E-state index in [2.05, 4.69) is 27.4 Å². The van der Waals surface area contributed by atoms with Crippen molar-refractivity contribution in [3.8, 4) is 46.0 Å². The summed E-state index contributed by atoms with van der Waals surface area (Å²) in [6.07, 6.45) is 32.5. The Morgan fingerprint density at radius 2 is 0.347 bits per heavy atom. The Morgan fingerprint density at radius 3 is 0.476 bits per heavy atom. The van der Waals surface area contributed by atoms with Crippen LogP contribution in [-0.4, -0.2) is 47.8 Å². The molecule has 0 radical (unpaired) electrons. The zero-order valence-corrected chi connectivity index (χ0v) is 82.5. The summed E-state index contributed by atoms with van der Waals surface area (Å²) in [7, 11) is 0. The maximum Gasteiger partial charge on any atom is 0.316 e. The van der Waals surface area contributed by atoms with E-state index in [4.69, 9.17) is 37.9 Å². The van der Waals surface area contributed by atoms with Gasteiger partial charge in [-0.15, -0.1) is 6.58 Å². The number of carbonyl (C=O) groups is 8. The molecule has 1 aliphatic carbocycles. The lowest BCUT2D eigenvalue weighted by atomic mass is 9.76. The molecule has 0 fully saturated rings. The first-order valence-electron chi connectivity index (χ1n) is 47.9. The summed E-state index contributed by atoms with van der Waals surface area (Å²) in [5.41, 5.74) is -4.98. The Labute approximate surface area is 750 Å². The topological polar surface area (TPSA) is 210 Å². The maximum atomic E-state index is 15.4. The second-order valence-electron chi connectivity index (χ2n) is 43.8. The van der Waals surface area contributed by atoms with Crippen LogP contribution in [0.4, 0.5) is 0 Å². The summed E-state index contributed by atoms with van der Waals surface area (Å²) < 4.78 is 55.8. The summed E-state index contributed by atoms with van der Waals surface area (Å²) in [6.45, 7) is 53.4. The SMILES string of the molecule is C=CCCCCCCCCC1c2cc(c(OC(=O)C(C)(C)C)cc2OC(=O)C(C)(C)C)C(CCCCCCCCCC)c2cc(c(OC(=O)C(C)(C)C)cc2OC(=O)C(C)(C)C)C(CCCCCCCCCC)c2cc(c(OC(=O)C(C)(C)C)cc2OC(=O)C(C)(C)C)C(CCCCCCCCCC)c2cc1c(OC(=O)C(C)(C)C)cc2OC(=O)C(C)(C)C. The number of allylic oxidation sites excluding steroid dienone is 1. The van der Waals surface area contributed by atoms with E-state index in [1.807, 2.05) is 30.3 Å². The third-order valence-electron chi connectivity index (χ3n) is 23.3. The highest BCUT2D eigenvalue weighted by Crippen LogP contribution is 2.56. The Kier molecular flexibility index (Phi) is 41.8. The van der Waals surface area contributed by atoms with Gasteiger partial charge in [-0.1, -0.05) is 213 Å². The van der Waals surface area contributed by atoms with Gasteiger partial charge in [0, 0.05) is 92.4 Å². The monoisotopic (exact) mass is 1720 g/mol. The van der Waals surface area contributed by atoms with E-state index < -0.39 is 115 Å². The molecule has 16 nitrogen and oxygen atoms in total. The molecule has 0 aliphatic heterocycles. The molecule has 5 rings (SSSR count). The minimum Gasteiger partial charge on any atom is -0.426 e. The van der Waals surface area contributed by atoms with Gasteiger partial charge in [0.25, 0.3) is 0 Å². The predicted molar refractivity (Wildman–Crippen MR) is 503 cm³/mol. The normalized spacial score (nSPS) is 15.3. The average Bonchev–Trinajstić information content (AvgIpc) is 0.742. The Hall–Kier alpha value is -7.62. The predicted octanol–water partition coefficient (Wildman–Crippen LogP) is 30.0. The number of hydrogen-bond donors (Lipinski definition) is 0. The summed E-state index contributed by atoms with van der Waals surface area (Å²) >= 11 is 0. The van der Waals surface area contributed by atoms with Crippen molar-refractivity contribution in [2.24, 2.45) is 43.3 Å². The minimum atomic E-state index is -1.10. The van der Waals surface area contributed by atoms with E-state index in [0.29, 0.717) is 95.9 Å². The summed E-state index contributed by atoms with van der Waals surface area (Å²) in [4.78, 5) is 123. The van der Waals surface area contributed by atoms with Gasteiger partial charge in [-0.2, -0.15) is 0 Å². The van der Waals surface area contributed by atoms with E-state index in [1.165, 1.54) is 0 Å². The molecular weight excluding hydrogens is 1550 g/mol. The highest BCUT2D eigenvalue weighted by atomic mass is 16.6. The second kappa shape index (κ2) is 48.5. The third-order valence-corrected chi connectivity index (χ3v) is 23.3. The van der Waals surface area contributed by atoms with Crippen molar-refractivity contribution in [3.05, 3.63) is 106 Å². The van der Waals surface area contributed by atoms with Gasteiger partial charge in [-0.3, -0.25) is 38.4 Å². The quantitative estimate of drug-likeness (QED) is 0.0174. The molecule has 0 N–H and O–H groups in total. The molecule has 0 amide bonds. The van der Waals surface area contributed by atoms with E-state index in [0.717, 1.165) is 173 Å². The van der Waals surface area contributed by atoms with Crippen LogP contribution in [-0.2, 0) is 38.4 Å². The summed E-state index contributed by atoms with van der Waals surface area (Å²) in [6, 6.07) is 14.7. The van der Waals surface area contributed by atoms with Gasteiger partial charge < -0.3 is 37.9 Å². The van der Waals surface area contributed by atoms with Gasteiger partial charge >= 0.3 is 47.8 Å². The van der Waals surface area contributed by atoms with Gasteiger partial charge in [-0.25, -0.2) is 0 Å². The van der Waals surface area contributed by atoms with Crippen LogP contribution in [0.2, 0.25) is 0 Å². The molecular formula is C108H166O16. The number of benzene rings is 4. The largest absolute Gasteiger partial charge is 0.426 e. The van der Waals surface area contributed by atoms with Crippen molar-refractivity contribution in [3.63, 3.8) is 0 Å². The standard InChI is InChI=1S/C108H166O16/c1-29-33-37-41-45-49-53-57-61-73-77-65-79(87(119-95(111)103(11,12)13)69-85(77)117-93(109)101(5,6)7)74(62-58-54-50-46-42-38-34-30-2)81-67-83(91(123-99(115)107(23,24)25)71-89(81)121-97(113)105(17,18)19)76(64-60-56-52-48-44-40-36-32-4)84-68-82(90(122-98(114)106(20,21)22)72-92(84)124-100(116)108(26,27)28)75(63-59-55-51-47-43-39-35-31-3)80-66-78(73)86(118-94(110)102(8,9)10)70-88(80)120-96(112)104(14,15)16/h29,65-76H,1,30-64H2,2-28H3. The van der Waals surface area contributed by atoms with Crippen molar-refractivity contribution in [1.29, 1.82) is 0 Å². The van der Waals surface area contributed by atoms with Crippen LogP contribution in [0.15, 0.2) is 61.2 Å². The van der Waals surface area contributed by atoms with Gasteiger partial charge in [0.2, 0.25) is 0 Å². The van der Waals surface area contributed by atoms with Crippen LogP contribution >= 0.6 is 0 Å². The Bertz CT molecular complexity index is 3450. The van der Waals surface area contributed by atoms with Gasteiger partial charge in [0.15, 0.2) is 0 Å². The number of carbonyl (C=O) groups excluding carboxylic acids is 8. The van der Waals surface area contributed by atoms with Crippen LogP contribution in [0.5, 0.6) is 46.0 Å². The number of fused-ring (bicyclic) bond motifs is 8. The average molecular weight is 1720 g/mol. The lowest BCUT2D eigenvalue weighted by molar-refractivity contribution is -0.144. The molecule has 0 aromatic heterocycles. The molecule has 0 heterocycles. The number of rotatable bonds is 44. The highest BCUT2D eigenvalue weighted by Gasteiger charge is 2.42. The van der Waals surface area contributed by atoms with Crippen LogP contribution < -0.4 is 37.9 Å². The molecule has 124 heavy (non-hydrogen) atoms. The molecule has 0 saturated heterocycles. The van der Waals surface area contributed by atoms with Gasteiger partial charge in [0.05, 0.1) is 43.3 Å².